The van der Waals surface area contributed by atoms with Crippen LogP contribution in [0.1, 0.15) is 44.6 Å². The summed E-state index contributed by atoms with van der Waals surface area (Å²) >= 11 is 5.53. The highest BCUT2D eigenvalue weighted by Gasteiger charge is 2.40. The molecule has 1 aliphatic carbocycles. The molecule has 0 aromatic heterocycles. The number of hydrogen-bond donors (Lipinski definition) is 1. The predicted molar refractivity (Wildman–Crippen MR) is 101 cm³/mol. The summed E-state index contributed by atoms with van der Waals surface area (Å²) in [6.07, 6.45) is 7.36. The number of rotatable bonds is 4. The molecule has 2 aliphatic rings. The first-order chi connectivity index (χ1) is 12.0. The van der Waals surface area contributed by atoms with Gasteiger partial charge in [0.1, 0.15) is 5.70 Å². The van der Waals surface area contributed by atoms with Crippen LogP contribution in [0.15, 0.2) is 23.9 Å². The highest BCUT2D eigenvalue weighted by Crippen LogP contribution is 2.32. The van der Waals surface area contributed by atoms with Crippen molar-refractivity contribution in [2.45, 2.75) is 45.1 Å². The van der Waals surface area contributed by atoms with Gasteiger partial charge in [0, 0.05) is 13.1 Å². The number of phenols is 1. The van der Waals surface area contributed by atoms with Crippen molar-refractivity contribution in [2.75, 3.05) is 13.7 Å². The van der Waals surface area contributed by atoms with Crippen LogP contribution in [0.25, 0.3) is 6.08 Å². The first-order valence-electron chi connectivity index (χ1n) is 8.81. The lowest BCUT2D eigenvalue weighted by atomic mass is 9.94. The summed E-state index contributed by atoms with van der Waals surface area (Å²) in [4.78, 5) is 16.5. The Morgan fingerprint density at radius 1 is 1.32 bits per heavy atom. The van der Waals surface area contributed by atoms with E-state index < -0.39 is 0 Å². The maximum Gasteiger partial charge on any atom is 0.277 e. The zero-order valence-corrected chi connectivity index (χ0v) is 15.5. The number of carbonyl (C=O) groups excluding carboxylic acids is 1. The van der Waals surface area contributed by atoms with Crippen molar-refractivity contribution in [1.82, 2.24) is 9.80 Å². The third-order valence-electron chi connectivity index (χ3n) is 4.82. The Morgan fingerprint density at radius 3 is 2.72 bits per heavy atom. The zero-order chi connectivity index (χ0) is 18.0. The van der Waals surface area contributed by atoms with Gasteiger partial charge in [-0.05, 0) is 55.8 Å². The van der Waals surface area contributed by atoms with Crippen molar-refractivity contribution in [3.8, 4) is 11.5 Å². The molecule has 0 atom stereocenters. The summed E-state index contributed by atoms with van der Waals surface area (Å²) < 4.78 is 5.42. The summed E-state index contributed by atoms with van der Waals surface area (Å²) in [5.41, 5.74) is 1.36. The Bertz CT molecular complexity index is 711. The molecule has 1 aromatic carbocycles. The van der Waals surface area contributed by atoms with Gasteiger partial charge in [-0.25, -0.2) is 0 Å². The predicted octanol–water partition coefficient (Wildman–Crippen LogP) is 3.52. The van der Waals surface area contributed by atoms with Gasteiger partial charge in [-0.15, -0.1) is 0 Å². The van der Waals surface area contributed by atoms with Crippen molar-refractivity contribution in [1.29, 1.82) is 0 Å². The van der Waals surface area contributed by atoms with Gasteiger partial charge in [-0.1, -0.05) is 25.3 Å². The minimum Gasteiger partial charge on any atom is -0.504 e. The van der Waals surface area contributed by atoms with Crippen molar-refractivity contribution in [3.05, 3.63) is 29.5 Å². The number of likely N-dealkylation sites (N-methyl/N-ethyl adjacent to an activating group) is 1. The first-order valence-corrected chi connectivity index (χ1v) is 9.22. The van der Waals surface area contributed by atoms with Crippen LogP contribution in [-0.2, 0) is 4.79 Å². The van der Waals surface area contributed by atoms with Crippen LogP contribution in [0.3, 0.4) is 0 Å². The number of nitrogens with zero attached hydrogens (tertiary/aromatic N) is 2. The lowest BCUT2D eigenvalue weighted by Crippen LogP contribution is -2.41. The number of phenolic OH excluding ortho intramolecular Hbond substituents is 1. The van der Waals surface area contributed by atoms with E-state index in [1.165, 1.54) is 6.42 Å². The Labute approximate surface area is 153 Å². The Hall–Kier alpha value is -2.08. The fraction of sp³-hybridized carbons (Fsp3) is 0.474. The molecule has 3 rings (SSSR count). The third kappa shape index (κ3) is 3.49. The van der Waals surface area contributed by atoms with Gasteiger partial charge >= 0.3 is 0 Å². The van der Waals surface area contributed by atoms with Crippen LogP contribution < -0.4 is 4.74 Å². The van der Waals surface area contributed by atoms with E-state index in [0.29, 0.717) is 23.2 Å². The second-order valence-corrected chi connectivity index (χ2v) is 6.86. The molecule has 1 heterocycles. The maximum absolute atomic E-state index is 13.0. The Kier molecular flexibility index (Phi) is 5.27. The molecule has 134 valence electrons. The summed E-state index contributed by atoms with van der Waals surface area (Å²) in [6, 6.07) is 5.28. The smallest absolute Gasteiger partial charge is 0.277 e. The van der Waals surface area contributed by atoms with E-state index >= 15 is 0 Å². The van der Waals surface area contributed by atoms with Gasteiger partial charge < -0.3 is 14.7 Å². The maximum atomic E-state index is 13.0. The number of hydrogen-bond acceptors (Lipinski definition) is 4. The largest absolute Gasteiger partial charge is 0.504 e. The molecule has 1 aliphatic heterocycles. The van der Waals surface area contributed by atoms with E-state index in [2.05, 4.69) is 0 Å². The molecule has 1 saturated carbocycles. The molecule has 25 heavy (non-hydrogen) atoms. The minimum absolute atomic E-state index is 0.0366. The van der Waals surface area contributed by atoms with E-state index in [0.717, 1.165) is 31.2 Å². The quantitative estimate of drug-likeness (QED) is 0.658. The molecule has 2 fully saturated rings. The molecule has 1 aromatic rings. The summed E-state index contributed by atoms with van der Waals surface area (Å²) in [6.45, 7) is 2.32. The topological polar surface area (TPSA) is 53.0 Å². The lowest BCUT2D eigenvalue weighted by Gasteiger charge is -2.30. The summed E-state index contributed by atoms with van der Waals surface area (Å²) in [7, 11) is 1.83. The molecule has 1 N–H and O–H groups in total. The molecule has 5 nitrogen and oxygen atoms in total. The fourth-order valence-electron chi connectivity index (χ4n) is 3.49. The van der Waals surface area contributed by atoms with Crippen molar-refractivity contribution in [3.63, 3.8) is 0 Å². The average Bonchev–Trinajstić information content (AvgIpc) is 2.82. The van der Waals surface area contributed by atoms with Crippen LogP contribution in [0, 0.1) is 0 Å². The third-order valence-corrected chi connectivity index (χ3v) is 5.29. The zero-order valence-electron chi connectivity index (χ0n) is 14.7. The molecule has 1 amide bonds. The number of carbonyl (C=O) groups is 1. The second kappa shape index (κ2) is 7.44. The van der Waals surface area contributed by atoms with E-state index in [4.69, 9.17) is 17.0 Å². The average molecular weight is 360 g/mol. The number of benzene rings is 1. The standard InChI is InChI=1S/C19H24N2O3S/c1-3-24-17-12-13(9-10-16(17)22)11-15-18(23)21(19(25)20(15)2)14-7-5-4-6-8-14/h9-12,14,22H,3-8H2,1-2H3. The van der Waals surface area contributed by atoms with Crippen molar-refractivity contribution in [2.24, 2.45) is 0 Å². The molecular weight excluding hydrogens is 336 g/mol. The van der Waals surface area contributed by atoms with Crippen LogP contribution >= 0.6 is 12.2 Å². The molecule has 0 spiro atoms. The highest BCUT2D eigenvalue weighted by atomic mass is 32.1. The minimum atomic E-state index is -0.0366. The van der Waals surface area contributed by atoms with Crippen LogP contribution in [0.4, 0.5) is 0 Å². The Balaban J connectivity index is 1.88. The highest BCUT2D eigenvalue weighted by molar-refractivity contribution is 7.80. The van der Waals surface area contributed by atoms with Crippen LogP contribution in [0.5, 0.6) is 11.5 Å². The van der Waals surface area contributed by atoms with Gasteiger partial charge in [0.25, 0.3) is 5.91 Å². The molecule has 0 unspecified atom stereocenters. The molecule has 6 heteroatoms. The van der Waals surface area contributed by atoms with E-state index in [1.807, 2.05) is 14.0 Å². The van der Waals surface area contributed by atoms with Gasteiger partial charge in [-0.3, -0.25) is 9.69 Å². The summed E-state index contributed by atoms with van der Waals surface area (Å²) in [5, 5.41) is 10.4. The van der Waals surface area contributed by atoms with Crippen LogP contribution in [-0.4, -0.2) is 45.6 Å². The molecule has 0 bridgehead atoms. The van der Waals surface area contributed by atoms with Gasteiger partial charge in [-0.2, -0.15) is 0 Å². The monoisotopic (exact) mass is 360 g/mol. The van der Waals surface area contributed by atoms with Gasteiger partial charge in [0.15, 0.2) is 16.6 Å². The lowest BCUT2D eigenvalue weighted by molar-refractivity contribution is -0.124. The van der Waals surface area contributed by atoms with E-state index in [-0.39, 0.29) is 17.7 Å². The van der Waals surface area contributed by atoms with Crippen molar-refractivity contribution >= 4 is 29.3 Å². The number of aromatic hydroxyl groups is 1. The molecule has 1 saturated heterocycles. The van der Waals surface area contributed by atoms with E-state index in [1.54, 1.807) is 34.1 Å². The summed E-state index contributed by atoms with van der Waals surface area (Å²) in [5.74, 6) is 0.469. The number of ether oxygens (including phenoxy) is 1. The second-order valence-electron chi connectivity index (χ2n) is 6.50. The SMILES string of the molecule is CCOc1cc(C=C2C(=O)N(C3CCCCC3)C(=S)N2C)ccc1O. The Morgan fingerprint density at radius 2 is 2.04 bits per heavy atom. The number of amides is 1. The molecular formula is C19H24N2O3S. The van der Waals surface area contributed by atoms with E-state index in [9.17, 15) is 9.90 Å². The first kappa shape index (κ1) is 17.7. The fourth-order valence-corrected chi connectivity index (χ4v) is 3.82. The molecule has 0 radical (unpaired) electrons. The van der Waals surface area contributed by atoms with Gasteiger partial charge in [0.2, 0.25) is 0 Å². The van der Waals surface area contributed by atoms with Gasteiger partial charge in [0.05, 0.1) is 6.61 Å². The normalized spacial score (nSPS) is 20.6. The van der Waals surface area contributed by atoms with Crippen molar-refractivity contribution < 1.29 is 14.6 Å². The van der Waals surface area contributed by atoms with Crippen LogP contribution in [0.2, 0.25) is 0 Å². The number of thiocarbonyl (C=S) groups is 1.